The summed E-state index contributed by atoms with van der Waals surface area (Å²) in [6.07, 6.45) is 6.90. The summed E-state index contributed by atoms with van der Waals surface area (Å²) in [6, 6.07) is 3.88. The van der Waals surface area contributed by atoms with Crippen LogP contribution in [0.4, 0.5) is 0 Å². The Morgan fingerprint density at radius 2 is 1.61 bits per heavy atom. The molecule has 0 aliphatic rings. The average Bonchev–Trinajstić information content (AvgIpc) is 2.33. The molecular formula is C16H26O2. The van der Waals surface area contributed by atoms with E-state index < -0.39 is 0 Å². The van der Waals surface area contributed by atoms with Gasteiger partial charge in [-0.15, -0.1) is 0 Å². The van der Waals surface area contributed by atoms with Gasteiger partial charge in [-0.1, -0.05) is 58.6 Å². The molecule has 1 rings (SSSR count). The van der Waals surface area contributed by atoms with E-state index in [1.165, 1.54) is 25.7 Å². The van der Waals surface area contributed by atoms with E-state index in [2.05, 4.69) is 6.92 Å². The third-order valence-electron chi connectivity index (χ3n) is 3.44. The summed E-state index contributed by atoms with van der Waals surface area (Å²) in [7, 11) is 0. The number of unbranched alkanes of at least 4 members (excludes halogenated alkanes) is 4. The van der Waals surface area contributed by atoms with Crippen LogP contribution in [-0.4, -0.2) is 10.2 Å². The minimum Gasteiger partial charge on any atom is -0.504 e. The van der Waals surface area contributed by atoms with E-state index in [1.54, 1.807) is 0 Å². The van der Waals surface area contributed by atoms with Gasteiger partial charge >= 0.3 is 0 Å². The Morgan fingerprint density at radius 3 is 2.22 bits per heavy atom. The predicted molar refractivity (Wildman–Crippen MR) is 76.3 cm³/mol. The van der Waals surface area contributed by atoms with Gasteiger partial charge < -0.3 is 10.2 Å². The number of rotatable bonds is 7. The number of phenols is 2. The molecule has 0 fully saturated rings. The Bertz CT molecular complexity index is 370. The van der Waals surface area contributed by atoms with Crippen LogP contribution in [0.1, 0.15) is 69.9 Å². The molecule has 1 aromatic rings. The highest BCUT2D eigenvalue weighted by atomic mass is 16.3. The van der Waals surface area contributed by atoms with Crippen molar-refractivity contribution in [3.8, 4) is 11.5 Å². The standard InChI is InChI=1S/C16H26O2/c1-4-5-6-7-8-9-13-10-11-14(12(2)3)16(18)15(13)17/h10-12,17-18H,4-9H2,1-3H3. The van der Waals surface area contributed by atoms with Crippen LogP contribution in [0.3, 0.4) is 0 Å². The lowest BCUT2D eigenvalue weighted by Crippen LogP contribution is -1.93. The first-order valence-corrected chi connectivity index (χ1v) is 7.11. The van der Waals surface area contributed by atoms with E-state index in [0.717, 1.165) is 24.0 Å². The summed E-state index contributed by atoms with van der Waals surface area (Å²) < 4.78 is 0. The van der Waals surface area contributed by atoms with Crippen molar-refractivity contribution in [3.63, 3.8) is 0 Å². The van der Waals surface area contributed by atoms with Gasteiger partial charge in [0.2, 0.25) is 0 Å². The third-order valence-corrected chi connectivity index (χ3v) is 3.44. The second-order valence-corrected chi connectivity index (χ2v) is 5.33. The second kappa shape index (κ2) is 7.30. The highest BCUT2D eigenvalue weighted by Crippen LogP contribution is 2.37. The summed E-state index contributed by atoms with van der Waals surface area (Å²) in [5.41, 5.74) is 1.69. The van der Waals surface area contributed by atoms with E-state index >= 15 is 0 Å². The first-order valence-electron chi connectivity index (χ1n) is 7.11. The maximum absolute atomic E-state index is 9.98. The minimum atomic E-state index is 0.0658. The van der Waals surface area contributed by atoms with E-state index in [1.807, 2.05) is 26.0 Å². The smallest absolute Gasteiger partial charge is 0.161 e. The van der Waals surface area contributed by atoms with Crippen molar-refractivity contribution in [1.29, 1.82) is 0 Å². The Morgan fingerprint density at radius 1 is 0.944 bits per heavy atom. The summed E-state index contributed by atoms with van der Waals surface area (Å²) in [6.45, 7) is 6.23. The fourth-order valence-electron chi connectivity index (χ4n) is 2.22. The molecule has 0 spiro atoms. The molecule has 2 N–H and O–H groups in total. The first-order chi connectivity index (χ1) is 8.57. The molecule has 18 heavy (non-hydrogen) atoms. The van der Waals surface area contributed by atoms with Crippen LogP contribution in [0.2, 0.25) is 0 Å². The van der Waals surface area contributed by atoms with Crippen molar-refractivity contribution in [3.05, 3.63) is 23.3 Å². The Kier molecular flexibility index (Phi) is 6.03. The Hall–Kier alpha value is -1.18. The summed E-state index contributed by atoms with van der Waals surface area (Å²) >= 11 is 0. The number of phenolic OH excluding ortho intramolecular Hbond substituents is 2. The average molecular weight is 250 g/mol. The SMILES string of the molecule is CCCCCCCc1ccc(C(C)C)c(O)c1O. The Balaban J connectivity index is 2.59. The van der Waals surface area contributed by atoms with Crippen molar-refractivity contribution in [1.82, 2.24) is 0 Å². The van der Waals surface area contributed by atoms with Gasteiger partial charge in [0, 0.05) is 5.56 Å². The Labute approximate surface area is 111 Å². The number of hydrogen-bond acceptors (Lipinski definition) is 2. The van der Waals surface area contributed by atoms with Crippen LogP contribution < -0.4 is 0 Å². The van der Waals surface area contributed by atoms with E-state index in [0.29, 0.717) is 0 Å². The van der Waals surface area contributed by atoms with Crippen molar-refractivity contribution in [2.75, 3.05) is 0 Å². The lowest BCUT2D eigenvalue weighted by molar-refractivity contribution is 0.392. The lowest BCUT2D eigenvalue weighted by Gasteiger charge is -2.12. The van der Waals surface area contributed by atoms with E-state index in [4.69, 9.17) is 0 Å². The van der Waals surface area contributed by atoms with Crippen LogP contribution in [0, 0.1) is 0 Å². The predicted octanol–water partition coefficient (Wildman–Crippen LogP) is 4.73. The molecule has 0 heterocycles. The largest absolute Gasteiger partial charge is 0.504 e. The molecule has 102 valence electrons. The van der Waals surface area contributed by atoms with E-state index in [9.17, 15) is 10.2 Å². The molecule has 1 aromatic carbocycles. The molecule has 0 unspecified atom stereocenters. The number of benzene rings is 1. The van der Waals surface area contributed by atoms with Crippen LogP contribution in [0.5, 0.6) is 11.5 Å². The van der Waals surface area contributed by atoms with Crippen LogP contribution in [0.25, 0.3) is 0 Å². The number of hydrogen-bond donors (Lipinski definition) is 2. The summed E-state index contributed by atoms with van der Waals surface area (Å²) in [4.78, 5) is 0. The number of aromatic hydroxyl groups is 2. The molecular weight excluding hydrogens is 224 g/mol. The zero-order valence-electron chi connectivity index (χ0n) is 11.9. The fourth-order valence-corrected chi connectivity index (χ4v) is 2.22. The topological polar surface area (TPSA) is 40.5 Å². The molecule has 2 nitrogen and oxygen atoms in total. The van der Waals surface area contributed by atoms with Gasteiger partial charge in [-0.05, 0) is 24.3 Å². The normalized spacial score (nSPS) is 11.1. The van der Waals surface area contributed by atoms with Crippen LogP contribution in [-0.2, 0) is 6.42 Å². The van der Waals surface area contributed by atoms with Gasteiger partial charge in [-0.25, -0.2) is 0 Å². The molecule has 0 aromatic heterocycles. The van der Waals surface area contributed by atoms with Crippen molar-refractivity contribution < 1.29 is 10.2 Å². The van der Waals surface area contributed by atoms with E-state index in [-0.39, 0.29) is 17.4 Å². The van der Waals surface area contributed by atoms with Crippen molar-refractivity contribution in [2.24, 2.45) is 0 Å². The first kappa shape index (κ1) is 14.9. The summed E-state index contributed by atoms with van der Waals surface area (Å²) in [5.74, 6) is 0.377. The third kappa shape index (κ3) is 3.94. The molecule has 0 saturated carbocycles. The molecule has 0 aliphatic heterocycles. The molecule has 0 saturated heterocycles. The molecule has 0 atom stereocenters. The monoisotopic (exact) mass is 250 g/mol. The quantitative estimate of drug-likeness (QED) is 0.542. The lowest BCUT2D eigenvalue weighted by atomic mass is 9.97. The maximum atomic E-state index is 9.98. The van der Waals surface area contributed by atoms with Gasteiger partial charge in [0.05, 0.1) is 0 Å². The van der Waals surface area contributed by atoms with Gasteiger partial charge in [0.1, 0.15) is 0 Å². The molecule has 0 radical (unpaired) electrons. The zero-order valence-corrected chi connectivity index (χ0v) is 11.9. The summed E-state index contributed by atoms with van der Waals surface area (Å²) in [5, 5.41) is 19.9. The molecule has 0 amide bonds. The highest BCUT2D eigenvalue weighted by Gasteiger charge is 2.13. The fraction of sp³-hybridized carbons (Fsp3) is 0.625. The van der Waals surface area contributed by atoms with Gasteiger partial charge in [0.15, 0.2) is 11.5 Å². The zero-order chi connectivity index (χ0) is 13.5. The van der Waals surface area contributed by atoms with Crippen molar-refractivity contribution in [2.45, 2.75) is 65.2 Å². The van der Waals surface area contributed by atoms with Crippen molar-refractivity contribution >= 4 is 0 Å². The van der Waals surface area contributed by atoms with Crippen LogP contribution >= 0.6 is 0 Å². The highest BCUT2D eigenvalue weighted by molar-refractivity contribution is 5.51. The molecule has 2 heteroatoms. The number of aryl methyl sites for hydroxylation is 1. The minimum absolute atomic E-state index is 0.0658. The molecule has 0 aliphatic carbocycles. The van der Waals surface area contributed by atoms with Gasteiger partial charge in [-0.2, -0.15) is 0 Å². The second-order valence-electron chi connectivity index (χ2n) is 5.33. The van der Waals surface area contributed by atoms with Gasteiger partial charge in [0.25, 0.3) is 0 Å². The maximum Gasteiger partial charge on any atom is 0.161 e. The van der Waals surface area contributed by atoms with Crippen LogP contribution in [0.15, 0.2) is 12.1 Å². The molecule has 0 bridgehead atoms. The van der Waals surface area contributed by atoms with Gasteiger partial charge in [-0.3, -0.25) is 0 Å².